The summed E-state index contributed by atoms with van der Waals surface area (Å²) in [5, 5.41) is 0. The molecular formula is C13H14S2. The molecule has 2 rings (SSSR count). The number of rotatable bonds is 0. The third-order valence-corrected chi connectivity index (χ3v) is 2.67. The molecule has 2 heteroatoms. The number of hydrogen-bond acceptors (Lipinski definition) is 2. The molecule has 78 valence electrons. The standard InChI is InChI=1S/C7H8S.C6H6S/c1-6-4-2-3-5-7(6)8;7-6-4-2-1-3-5-6/h2-5,8H,1H3;1-5,7H. The van der Waals surface area contributed by atoms with Gasteiger partial charge in [-0.3, -0.25) is 0 Å². The van der Waals surface area contributed by atoms with Crippen molar-refractivity contribution in [2.24, 2.45) is 0 Å². The summed E-state index contributed by atoms with van der Waals surface area (Å²) in [5.74, 6) is 0. The van der Waals surface area contributed by atoms with E-state index in [0.717, 1.165) is 9.79 Å². The molecule has 2 aromatic rings. The van der Waals surface area contributed by atoms with Crippen molar-refractivity contribution in [2.75, 3.05) is 0 Å². The molecule has 15 heavy (non-hydrogen) atoms. The van der Waals surface area contributed by atoms with Crippen LogP contribution < -0.4 is 0 Å². The van der Waals surface area contributed by atoms with Crippen LogP contribution >= 0.6 is 25.3 Å². The number of benzene rings is 2. The molecule has 0 spiro atoms. The third kappa shape index (κ3) is 4.96. The van der Waals surface area contributed by atoms with Gasteiger partial charge >= 0.3 is 0 Å². The summed E-state index contributed by atoms with van der Waals surface area (Å²) in [6, 6.07) is 17.8. The van der Waals surface area contributed by atoms with E-state index >= 15 is 0 Å². The van der Waals surface area contributed by atoms with E-state index in [4.69, 9.17) is 0 Å². The van der Waals surface area contributed by atoms with Crippen molar-refractivity contribution >= 4 is 25.3 Å². The van der Waals surface area contributed by atoms with E-state index in [-0.39, 0.29) is 0 Å². The van der Waals surface area contributed by atoms with Crippen LogP contribution in [0.3, 0.4) is 0 Å². The topological polar surface area (TPSA) is 0 Å². The highest BCUT2D eigenvalue weighted by Crippen LogP contribution is 2.09. The molecule has 0 amide bonds. The first-order valence-corrected chi connectivity index (χ1v) is 5.58. The van der Waals surface area contributed by atoms with Crippen molar-refractivity contribution in [3.63, 3.8) is 0 Å². The molecular weight excluding hydrogens is 220 g/mol. The summed E-state index contributed by atoms with van der Waals surface area (Å²) < 4.78 is 0. The van der Waals surface area contributed by atoms with Crippen molar-refractivity contribution < 1.29 is 0 Å². The second-order valence-electron chi connectivity index (χ2n) is 3.12. The van der Waals surface area contributed by atoms with Gasteiger partial charge in [0, 0.05) is 9.79 Å². The lowest BCUT2D eigenvalue weighted by Gasteiger charge is -1.92. The van der Waals surface area contributed by atoms with Crippen LogP contribution in [0.1, 0.15) is 5.56 Å². The predicted molar refractivity (Wildman–Crippen MR) is 72.1 cm³/mol. The van der Waals surface area contributed by atoms with Gasteiger partial charge in [0.25, 0.3) is 0 Å². The molecule has 2 aromatic carbocycles. The zero-order valence-electron chi connectivity index (χ0n) is 8.59. The highest BCUT2D eigenvalue weighted by atomic mass is 32.1. The fourth-order valence-corrected chi connectivity index (χ4v) is 1.32. The summed E-state index contributed by atoms with van der Waals surface area (Å²) in [5.41, 5.74) is 1.23. The second-order valence-corrected chi connectivity index (χ2v) is 4.12. The summed E-state index contributed by atoms with van der Waals surface area (Å²) in [7, 11) is 0. The van der Waals surface area contributed by atoms with Crippen LogP contribution in [0.5, 0.6) is 0 Å². The Hall–Kier alpha value is -0.860. The fourth-order valence-electron chi connectivity index (χ4n) is 0.991. The van der Waals surface area contributed by atoms with Crippen molar-refractivity contribution in [1.82, 2.24) is 0 Å². The Morgan fingerprint density at radius 2 is 1.27 bits per heavy atom. The van der Waals surface area contributed by atoms with Gasteiger partial charge in [-0.05, 0) is 30.7 Å². The molecule has 0 aliphatic carbocycles. The molecule has 0 saturated carbocycles. The lowest BCUT2D eigenvalue weighted by molar-refractivity contribution is 1.31. The molecule has 0 atom stereocenters. The van der Waals surface area contributed by atoms with Gasteiger partial charge in [-0.1, -0.05) is 36.4 Å². The SMILES string of the molecule is Cc1ccccc1S.Sc1ccccc1. The molecule has 0 fully saturated rings. The minimum Gasteiger partial charge on any atom is -0.143 e. The van der Waals surface area contributed by atoms with Crippen molar-refractivity contribution in [3.8, 4) is 0 Å². The Morgan fingerprint density at radius 3 is 1.60 bits per heavy atom. The molecule has 0 N–H and O–H groups in total. The predicted octanol–water partition coefficient (Wildman–Crippen LogP) is 4.26. The molecule has 0 unspecified atom stereocenters. The molecule has 0 saturated heterocycles. The number of hydrogen-bond donors (Lipinski definition) is 2. The maximum absolute atomic E-state index is 4.20. The first-order chi connectivity index (χ1) is 7.20. The van der Waals surface area contributed by atoms with Crippen LogP contribution in [-0.4, -0.2) is 0 Å². The van der Waals surface area contributed by atoms with E-state index in [2.05, 4.69) is 25.3 Å². The van der Waals surface area contributed by atoms with Gasteiger partial charge in [-0.25, -0.2) is 0 Å². The molecule has 0 bridgehead atoms. The maximum Gasteiger partial charge on any atom is 0.00692 e. The highest BCUT2D eigenvalue weighted by Gasteiger charge is 1.84. The quantitative estimate of drug-likeness (QED) is 0.625. The average molecular weight is 234 g/mol. The molecule has 0 nitrogen and oxygen atoms in total. The normalized spacial score (nSPS) is 9.00. The number of aryl methyl sites for hydroxylation is 1. The van der Waals surface area contributed by atoms with Gasteiger partial charge in [0.15, 0.2) is 0 Å². The minimum atomic E-state index is 1.02. The van der Waals surface area contributed by atoms with E-state index in [1.54, 1.807) is 0 Å². The fraction of sp³-hybridized carbons (Fsp3) is 0.0769. The monoisotopic (exact) mass is 234 g/mol. The van der Waals surface area contributed by atoms with Crippen LogP contribution in [0, 0.1) is 6.92 Å². The zero-order valence-corrected chi connectivity index (χ0v) is 10.4. The second kappa shape index (κ2) is 6.59. The summed E-state index contributed by atoms with van der Waals surface area (Å²) >= 11 is 8.28. The van der Waals surface area contributed by atoms with Crippen molar-refractivity contribution in [1.29, 1.82) is 0 Å². The zero-order chi connectivity index (χ0) is 11.1. The van der Waals surface area contributed by atoms with Crippen LogP contribution in [-0.2, 0) is 0 Å². The molecule has 0 heterocycles. The van der Waals surface area contributed by atoms with Crippen LogP contribution in [0.2, 0.25) is 0 Å². The van der Waals surface area contributed by atoms with Gasteiger partial charge < -0.3 is 0 Å². The summed E-state index contributed by atoms with van der Waals surface area (Å²) in [4.78, 5) is 2.08. The van der Waals surface area contributed by atoms with E-state index < -0.39 is 0 Å². The molecule has 0 radical (unpaired) electrons. The Morgan fingerprint density at radius 1 is 0.733 bits per heavy atom. The Kier molecular flexibility index (Phi) is 5.37. The summed E-state index contributed by atoms with van der Waals surface area (Å²) in [6.45, 7) is 2.04. The van der Waals surface area contributed by atoms with Crippen LogP contribution in [0.4, 0.5) is 0 Å². The first-order valence-electron chi connectivity index (χ1n) is 4.69. The highest BCUT2D eigenvalue weighted by molar-refractivity contribution is 7.80. The van der Waals surface area contributed by atoms with Gasteiger partial charge in [-0.15, -0.1) is 25.3 Å². The van der Waals surface area contributed by atoms with Crippen LogP contribution in [0.15, 0.2) is 64.4 Å². The van der Waals surface area contributed by atoms with Gasteiger partial charge in [-0.2, -0.15) is 0 Å². The Labute approximate surface area is 102 Å². The lowest BCUT2D eigenvalue weighted by Crippen LogP contribution is -1.70. The maximum atomic E-state index is 4.20. The smallest absolute Gasteiger partial charge is 0.00692 e. The lowest BCUT2D eigenvalue weighted by atomic mass is 10.2. The minimum absolute atomic E-state index is 1.02. The molecule has 0 aliphatic rings. The van der Waals surface area contributed by atoms with Gasteiger partial charge in [0.1, 0.15) is 0 Å². The van der Waals surface area contributed by atoms with Crippen molar-refractivity contribution in [3.05, 3.63) is 60.2 Å². The van der Waals surface area contributed by atoms with E-state index in [1.807, 2.05) is 61.5 Å². The van der Waals surface area contributed by atoms with Gasteiger partial charge in [0.05, 0.1) is 0 Å². The Bertz CT molecular complexity index is 375. The average Bonchev–Trinajstić information content (AvgIpc) is 2.25. The number of thiol groups is 2. The largest absolute Gasteiger partial charge is 0.143 e. The first kappa shape index (κ1) is 12.2. The molecule has 0 aliphatic heterocycles. The third-order valence-electron chi connectivity index (χ3n) is 1.87. The van der Waals surface area contributed by atoms with Crippen LogP contribution in [0.25, 0.3) is 0 Å². The van der Waals surface area contributed by atoms with E-state index in [9.17, 15) is 0 Å². The molecule has 0 aromatic heterocycles. The van der Waals surface area contributed by atoms with E-state index in [1.165, 1.54) is 5.56 Å². The van der Waals surface area contributed by atoms with Gasteiger partial charge in [0.2, 0.25) is 0 Å². The Balaban J connectivity index is 0.000000151. The van der Waals surface area contributed by atoms with E-state index in [0.29, 0.717) is 0 Å². The van der Waals surface area contributed by atoms with Crippen molar-refractivity contribution in [2.45, 2.75) is 16.7 Å². The summed E-state index contributed by atoms with van der Waals surface area (Å²) in [6.07, 6.45) is 0.